The largest absolute Gasteiger partial charge is 0.444 e. The fourth-order valence-corrected chi connectivity index (χ4v) is 5.56. The van der Waals surface area contributed by atoms with E-state index in [9.17, 15) is 9.59 Å². The first-order valence-electron chi connectivity index (χ1n) is 11.8. The molecule has 5 heterocycles. The Morgan fingerprint density at radius 2 is 2.00 bits per heavy atom. The van der Waals surface area contributed by atoms with Gasteiger partial charge >= 0.3 is 17.9 Å². The highest BCUT2D eigenvalue weighted by Crippen LogP contribution is 2.38. The maximum Gasteiger partial charge on any atom is 0.410 e. The zero-order valence-corrected chi connectivity index (χ0v) is 20.9. The van der Waals surface area contributed by atoms with Crippen molar-refractivity contribution >= 4 is 33.6 Å². The van der Waals surface area contributed by atoms with Crippen molar-refractivity contribution in [3.63, 3.8) is 0 Å². The van der Waals surface area contributed by atoms with Gasteiger partial charge in [0.25, 0.3) is 0 Å². The number of ether oxygens (including phenoxy) is 1. The van der Waals surface area contributed by atoms with Gasteiger partial charge in [0.1, 0.15) is 16.7 Å². The standard InChI is InChI=1S/C24H25N7O4S/c1-24(2,3)35-23(33)30-10-13(11-30)19-28-29-20(34-19)22(32)31-9-8-15-17(26-12-25-15)18(31)21-27-14-6-4-5-7-16(14)36-21/h4-7,12-13,18H,8-11H2,1-3H3,(H,25,26)/t18-/m0/s1. The van der Waals surface area contributed by atoms with Crippen LogP contribution >= 0.6 is 11.3 Å². The number of imidazole rings is 1. The summed E-state index contributed by atoms with van der Waals surface area (Å²) >= 11 is 1.54. The van der Waals surface area contributed by atoms with Crippen molar-refractivity contribution < 1.29 is 18.7 Å². The lowest BCUT2D eigenvalue weighted by Gasteiger charge is -2.37. The first-order valence-corrected chi connectivity index (χ1v) is 12.6. The van der Waals surface area contributed by atoms with Crippen LogP contribution in [-0.4, -0.2) is 72.2 Å². The second-order valence-corrected chi connectivity index (χ2v) is 11.0. The summed E-state index contributed by atoms with van der Waals surface area (Å²) in [5.74, 6) is -0.237. The topological polar surface area (TPSA) is 130 Å². The van der Waals surface area contributed by atoms with Crippen LogP contribution in [-0.2, 0) is 11.2 Å². The second-order valence-electron chi connectivity index (χ2n) is 9.96. The third-order valence-corrected chi connectivity index (χ3v) is 7.33. The minimum absolute atomic E-state index is 0.0779. The maximum absolute atomic E-state index is 13.6. The molecule has 2 amide bonds. The Hall–Kier alpha value is -3.80. The van der Waals surface area contributed by atoms with E-state index in [-0.39, 0.29) is 23.8 Å². The van der Waals surface area contributed by atoms with Crippen molar-refractivity contribution in [3.05, 3.63) is 58.8 Å². The van der Waals surface area contributed by atoms with Crippen LogP contribution in [0.3, 0.4) is 0 Å². The first-order chi connectivity index (χ1) is 17.3. The minimum Gasteiger partial charge on any atom is -0.444 e. The molecule has 0 radical (unpaired) electrons. The van der Waals surface area contributed by atoms with E-state index in [1.165, 1.54) is 0 Å². The Kier molecular flexibility index (Phi) is 5.29. The van der Waals surface area contributed by atoms with Crippen LogP contribution < -0.4 is 0 Å². The van der Waals surface area contributed by atoms with E-state index >= 15 is 0 Å². The molecule has 3 aromatic heterocycles. The van der Waals surface area contributed by atoms with Crippen molar-refractivity contribution in [2.24, 2.45) is 0 Å². The number of thiazole rings is 1. The number of rotatable bonds is 3. The number of amides is 2. The lowest BCUT2D eigenvalue weighted by atomic mass is 10.0. The smallest absolute Gasteiger partial charge is 0.410 e. The molecular formula is C24H25N7O4S. The highest BCUT2D eigenvalue weighted by Gasteiger charge is 2.41. The number of hydrogen-bond acceptors (Lipinski definition) is 9. The van der Waals surface area contributed by atoms with Gasteiger partial charge in [-0.2, -0.15) is 0 Å². The number of fused-ring (bicyclic) bond motifs is 2. The van der Waals surface area contributed by atoms with Crippen LogP contribution in [0.25, 0.3) is 10.2 Å². The third kappa shape index (κ3) is 4.00. The van der Waals surface area contributed by atoms with Gasteiger partial charge < -0.3 is 23.9 Å². The van der Waals surface area contributed by atoms with E-state index in [0.29, 0.717) is 31.9 Å². The van der Waals surface area contributed by atoms with Gasteiger partial charge in [0.05, 0.1) is 28.2 Å². The van der Waals surface area contributed by atoms with E-state index in [1.54, 1.807) is 27.5 Å². The van der Waals surface area contributed by atoms with Gasteiger partial charge in [-0.05, 0) is 32.9 Å². The summed E-state index contributed by atoms with van der Waals surface area (Å²) in [6.07, 6.45) is 1.91. The molecule has 0 aliphatic carbocycles. The molecular weight excluding hydrogens is 482 g/mol. The molecule has 4 aromatic rings. The summed E-state index contributed by atoms with van der Waals surface area (Å²) in [4.78, 5) is 41.6. The Balaban J connectivity index is 1.22. The number of carbonyl (C=O) groups is 2. The van der Waals surface area contributed by atoms with Crippen molar-refractivity contribution in [2.75, 3.05) is 19.6 Å². The van der Waals surface area contributed by atoms with Gasteiger partial charge in [-0.1, -0.05) is 12.1 Å². The van der Waals surface area contributed by atoms with Crippen molar-refractivity contribution in [1.82, 2.24) is 34.9 Å². The molecule has 186 valence electrons. The number of nitrogens with one attached hydrogen (secondary N) is 1. The number of benzene rings is 1. The average molecular weight is 508 g/mol. The van der Waals surface area contributed by atoms with Gasteiger partial charge in [-0.15, -0.1) is 21.5 Å². The third-order valence-electron chi connectivity index (χ3n) is 6.24. The molecule has 1 fully saturated rings. The summed E-state index contributed by atoms with van der Waals surface area (Å²) in [6, 6.07) is 7.43. The number of carbonyl (C=O) groups excluding carboxylic acids is 2. The molecule has 36 heavy (non-hydrogen) atoms. The van der Waals surface area contributed by atoms with E-state index < -0.39 is 11.6 Å². The molecule has 1 N–H and O–H groups in total. The average Bonchev–Trinajstić information content (AvgIpc) is 3.54. The van der Waals surface area contributed by atoms with Gasteiger partial charge in [0, 0.05) is 31.7 Å². The molecule has 1 atom stereocenters. The highest BCUT2D eigenvalue weighted by atomic mass is 32.1. The molecule has 1 saturated heterocycles. The van der Waals surface area contributed by atoms with Crippen LogP contribution in [0.5, 0.6) is 0 Å². The Bertz CT molecular complexity index is 1410. The monoisotopic (exact) mass is 507 g/mol. The minimum atomic E-state index is -0.561. The van der Waals surface area contributed by atoms with E-state index in [1.807, 2.05) is 45.0 Å². The van der Waals surface area contributed by atoms with Crippen LogP contribution in [0.15, 0.2) is 35.0 Å². The lowest BCUT2D eigenvalue weighted by Crippen LogP contribution is -2.50. The summed E-state index contributed by atoms with van der Waals surface area (Å²) in [6.45, 7) is 6.74. The lowest BCUT2D eigenvalue weighted by molar-refractivity contribution is 0.00584. The summed E-state index contributed by atoms with van der Waals surface area (Å²) in [7, 11) is 0. The Labute approximate surface area is 210 Å². The van der Waals surface area contributed by atoms with Crippen molar-refractivity contribution in [1.29, 1.82) is 0 Å². The Morgan fingerprint density at radius 1 is 1.19 bits per heavy atom. The van der Waals surface area contributed by atoms with Crippen LogP contribution in [0, 0.1) is 0 Å². The van der Waals surface area contributed by atoms with Crippen LogP contribution in [0.2, 0.25) is 0 Å². The van der Waals surface area contributed by atoms with Crippen LogP contribution in [0.1, 0.15) is 65.7 Å². The molecule has 0 bridgehead atoms. The first kappa shape index (κ1) is 22.7. The number of nitrogens with zero attached hydrogens (tertiary/aromatic N) is 6. The van der Waals surface area contributed by atoms with E-state index in [0.717, 1.165) is 26.6 Å². The zero-order valence-electron chi connectivity index (χ0n) is 20.1. The number of aromatic amines is 1. The fourth-order valence-electron chi connectivity index (χ4n) is 4.47. The molecule has 12 heteroatoms. The molecule has 2 aliphatic rings. The van der Waals surface area contributed by atoms with Gasteiger partial charge in [0.15, 0.2) is 0 Å². The molecule has 0 saturated carbocycles. The Morgan fingerprint density at radius 3 is 2.78 bits per heavy atom. The molecule has 0 spiro atoms. The predicted octanol–water partition coefficient (Wildman–Crippen LogP) is 3.52. The normalized spacial score (nSPS) is 18.2. The number of H-pyrrole nitrogens is 1. The van der Waals surface area contributed by atoms with E-state index in [2.05, 4.69) is 20.2 Å². The number of hydrogen-bond donors (Lipinski definition) is 1. The predicted molar refractivity (Wildman–Crippen MR) is 130 cm³/mol. The van der Waals surface area contributed by atoms with Gasteiger partial charge in [-0.25, -0.2) is 14.8 Å². The van der Waals surface area contributed by atoms with Gasteiger partial charge in [-0.3, -0.25) is 4.79 Å². The molecule has 0 unspecified atom stereocenters. The second kappa shape index (κ2) is 8.40. The van der Waals surface area contributed by atoms with E-state index in [4.69, 9.17) is 14.1 Å². The quantitative estimate of drug-likeness (QED) is 0.446. The summed E-state index contributed by atoms with van der Waals surface area (Å²) in [5.41, 5.74) is 2.09. The highest BCUT2D eigenvalue weighted by molar-refractivity contribution is 7.18. The number of likely N-dealkylation sites (tertiary alicyclic amines) is 1. The molecule has 2 aliphatic heterocycles. The number of aromatic nitrogens is 5. The molecule has 1 aromatic carbocycles. The van der Waals surface area contributed by atoms with Crippen molar-refractivity contribution in [2.45, 2.75) is 44.8 Å². The number of para-hydroxylation sites is 1. The summed E-state index contributed by atoms with van der Waals surface area (Å²) in [5, 5.41) is 8.94. The molecule has 6 rings (SSSR count). The maximum atomic E-state index is 13.6. The molecule has 11 nitrogen and oxygen atoms in total. The fraction of sp³-hybridized carbons (Fsp3) is 0.417. The zero-order chi connectivity index (χ0) is 25.0. The van der Waals surface area contributed by atoms with Crippen molar-refractivity contribution in [3.8, 4) is 0 Å². The van der Waals surface area contributed by atoms with Crippen LogP contribution in [0.4, 0.5) is 4.79 Å². The SMILES string of the molecule is CC(C)(C)OC(=O)N1CC(c2nnc(C(=O)N3CCc4[nH]cnc4[C@H]3c3nc4ccccc4s3)o2)C1. The van der Waals surface area contributed by atoms with Gasteiger partial charge in [0.2, 0.25) is 5.89 Å². The summed E-state index contributed by atoms with van der Waals surface area (Å²) < 4.78 is 12.2.